The van der Waals surface area contributed by atoms with Gasteiger partial charge >= 0.3 is 5.97 Å². The molecule has 0 fully saturated rings. The SMILES string of the molecule is Cc1csc([C@@H](C#N)C(=O)COC(=O)c2ccccn2)n1. The Morgan fingerprint density at radius 2 is 2.29 bits per heavy atom. The number of hydrogen-bond donors (Lipinski definition) is 0. The van der Waals surface area contributed by atoms with Gasteiger partial charge in [-0.25, -0.2) is 14.8 Å². The minimum atomic E-state index is -1.01. The van der Waals surface area contributed by atoms with Crippen LogP contribution < -0.4 is 0 Å². The van der Waals surface area contributed by atoms with Crippen LogP contribution >= 0.6 is 11.3 Å². The molecule has 0 saturated heterocycles. The molecule has 106 valence electrons. The van der Waals surface area contributed by atoms with Crippen LogP contribution in [0.1, 0.15) is 27.1 Å². The van der Waals surface area contributed by atoms with Gasteiger partial charge in [-0.1, -0.05) is 6.07 Å². The van der Waals surface area contributed by atoms with E-state index in [2.05, 4.69) is 9.97 Å². The summed E-state index contributed by atoms with van der Waals surface area (Å²) in [4.78, 5) is 31.6. The third kappa shape index (κ3) is 3.70. The van der Waals surface area contributed by atoms with Gasteiger partial charge in [-0.2, -0.15) is 5.26 Å². The van der Waals surface area contributed by atoms with E-state index in [-0.39, 0.29) is 5.69 Å². The number of ketones is 1. The zero-order valence-electron chi connectivity index (χ0n) is 11.1. The molecule has 2 aromatic rings. The third-order valence-electron chi connectivity index (χ3n) is 2.55. The Balaban J connectivity index is 1.98. The summed E-state index contributed by atoms with van der Waals surface area (Å²) in [6.07, 6.45) is 1.45. The van der Waals surface area contributed by atoms with E-state index in [1.165, 1.54) is 23.6 Å². The van der Waals surface area contributed by atoms with Crippen LogP contribution in [0.25, 0.3) is 0 Å². The fraction of sp³-hybridized carbons (Fsp3) is 0.214. The lowest BCUT2D eigenvalue weighted by Gasteiger charge is -2.06. The number of rotatable bonds is 5. The normalized spacial score (nSPS) is 11.4. The number of thiazole rings is 1. The third-order valence-corrected chi connectivity index (χ3v) is 3.58. The number of hydrogen-bond acceptors (Lipinski definition) is 7. The van der Waals surface area contributed by atoms with Crippen molar-refractivity contribution in [3.8, 4) is 6.07 Å². The number of carbonyl (C=O) groups is 2. The molecule has 7 heteroatoms. The number of esters is 1. The molecular weight excluding hydrogens is 290 g/mol. The first kappa shape index (κ1) is 14.8. The van der Waals surface area contributed by atoms with Gasteiger partial charge in [0.1, 0.15) is 10.7 Å². The quantitative estimate of drug-likeness (QED) is 0.783. The maximum atomic E-state index is 12.0. The Hall–Kier alpha value is -2.59. The predicted molar refractivity (Wildman–Crippen MR) is 74.7 cm³/mol. The second-order valence-corrected chi connectivity index (χ2v) is 5.04. The van der Waals surface area contributed by atoms with Gasteiger partial charge in [0, 0.05) is 17.3 Å². The number of aryl methyl sites for hydroxylation is 1. The number of ether oxygens (including phenoxy) is 1. The van der Waals surface area contributed by atoms with E-state index in [0.29, 0.717) is 5.01 Å². The van der Waals surface area contributed by atoms with Crippen molar-refractivity contribution >= 4 is 23.1 Å². The molecule has 6 nitrogen and oxygen atoms in total. The standard InChI is InChI=1S/C14H11N3O3S/c1-9-8-21-13(17-9)10(6-15)12(18)7-20-14(19)11-4-2-3-5-16-11/h2-5,8,10H,7H2,1H3/t10-/m0/s1. The highest BCUT2D eigenvalue weighted by Crippen LogP contribution is 2.20. The fourth-order valence-corrected chi connectivity index (χ4v) is 2.41. The monoisotopic (exact) mass is 301 g/mol. The van der Waals surface area contributed by atoms with Crippen molar-refractivity contribution in [2.45, 2.75) is 12.8 Å². The highest BCUT2D eigenvalue weighted by Gasteiger charge is 2.24. The molecule has 0 bridgehead atoms. The lowest BCUT2D eigenvalue weighted by atomic mass is 10.1. The molecule has 0 amide bonds. The van der Waals surface area contributed by atoms with Crippen LogP contribution in [0, 0.1) is 18.3 Å². The highest BCUT2D eigenvalue weighted by atomic mass is 32.1. The average molecular weight is 301 g/mol. The first-order valence-corrected chi connectivity index (χ1v) is 6.92. The summed E-state index contributed by atoms with van der Waals surface area (Å²) in [7, 11) is 0. The van der Waals surface area contributed by atoms with Gasteiger partial charge in [0.25, 0.3) is 0 Å². The zero-order chi connectivity index (χ0) is 15.2. The molecule has 21 heavy (non-hydrogen) atoms. The Labute approximate surface area is 125 Å². The first-order chi connectivity index (χ1) is 10.1. The van der Waals surface area contributed by atoms with Crippen LogP contribution in [0.3, 0.4) is 0 Å². The van der Waals surface area contributed by atoms with Crippen LogP contribution in [-0.2, 0) is 9.53 Å². The minimum absolute atomic E-state index is 0.115. The lowest BCUT2D eigenvalue weighted by Crippen LogP contribution is -2.20. The van der Waals surface area contributed by atoms with Crippen LogP contribution in [0.2, 0.25) is 0 Å². The minimum Gasteiger partial charge on any atom is -0.453 e. The van der Waals surface area contributed by atoms with Crippen LogP contribution in [0.15, 0.2) is 29.8 Å². The van der Waals surface area contributed by atoms with Crippen molar-refractivity contribution in [2.75, 3.05) is 6.61 Å². The predicted octanol–water partition coefficient (Wildman–Crippen LogP) is 1.88. The van der Waals surface area contributed by atoms with Crippen molar-refractivity contribution in [3.05, 3.63) is 46.2 Å². The van der Waals surface area contributed by atoms with Crippen LogP contribution in [0.4, 0.5) is 0 Å². The molecule has 0 saturated carbocycles. The van der Waals surface area contributed by atoms with E-state index >= 15 is 0 Å². The van der Waals surface area contributed by atoms with Crippen molar-refractivity contribution in [1.82, 2.24) is 9.97 Å². The second-order valence-electron chi connectivity index (χ2n) is 4.15. The number of nitriles is 1. The summed E-state index contributed by atoms with van der Waals surface area (Å²) in [6.45, 7) is 1.30. The number of Topliss-reactive ketones (excluding diaryl/α,β-unsaturated/α-hetero) is 1. The van der Waals surface area contributed by atoms with Gasteiger partial charge in [-0.3, -0.25) is 4.79 Å². The van der Waals surface area contributed by atoms with Crippen molar-refractivity contribution in [3.63, 3.8) is 0 Å². The summed E-state index contributed by atoms with van der Waals surface area (Å²) in [6, 6.07) is 6.68. The molecule has 0 N–H and O–H groups in total. The summed E-state index contributed by atoms with van der Waals surface area (Å²) >= 11 is 1.23. The average Bonchev–Trinajstić information content (AvgIpc) is 2.92. The smallest absolute Gasteiger partial charge is 0.357 e. The van der Waals surface area contributed by atoms with E-state index in [4.69, 9.17) is 10.00 Å². The fourth-order valence-electron chi connectivity index (χ4n) is 1.55. The Morgan fingerprint density at radius 3 is 2.86 bits per heavy atom. The maximum Gasteiger partial charge on any atom is 0.357 e. The molecule has 2 rings (SSSR count). The maximum absolute atomic E-state index is 12.0. The molecule has 1 atom stereocenters. The van der Waals surface area contributed by atoms with Gasteiger partial charge in [0.05, 0.1) is 6.07 Å². The molecule has 0 aliphatic rings. The zero-order valence-corrected chi connectivity index (χ0v) is 12.0. The molecule has 2 heterocycles. The molecule has 0 radical (unpaired) electrons. The second kappa shape index (κ2) is 6.72. The molecule has 0 unspecified atom stereocenters. The van der Waals surface area contributed by atoms with E-state index in [1.807, 2.05) is 6.07 Å². The van der Waals surface area contributed by atoms with Gasteiger partial charge in [0.2, 0.25) is 0 Å². The number of nitrogens with zero attached hydrogens (tertiary/aromatic N) is 3. The summed E-state index contributed by atoms with van der Waals surface area (Å²) in [5, 5.41) is 11.3. The Kier molecular flexibility index (Phi) is 4.74. The lowest BCUT2D eigenvalue weighted by molar-refractivity contribution is -0.122. The van der Waals surface area contributed by atoms with E-state index in [0.717, 1.165) is 5.69 Å². The van der Waals surface area contributed by atoms with Gasteiger partial charge in [-0.15, -0.1) is 11.3 Å². The van der Waals surface area contributed by atoms with E-state index < -0.39 is 24.3 Å². The van der Waals surface area contributed by atoms with Crippen molar-refractivity contribution < 1.29 is 14.3 Å². The number of carbonyl (C=O) groups excluding carboxylic acids is 2. The van der Waals surface area contributed by atoms with Crippen molar-refractivity contribution in [1.29, 1.82) is 5.26 Å². The largest absolute Gasteiger partial charge is 0.453 e. The number of aromatic nitrogens is 2. The molecule has 0 aromatic carbocycles. The topological polar surface area (TPSA) is 92.9 Å². The van der Waals surface area contributed by atoms with E-state index in [9.17, 15) is 9.59 Å². The van der Waals surface area contributed by atoms with Crippen molar-refractivity contribution in [2.24, 2.45) is 0 Å². The van der Waals surface area contributed by atoms with E-state index in [1.54, 1.807) is 24.4 Å². The Bertz CT molecular complexity index is 691. The van der Waals surface area contributed by atoms with Gasteiger partial charge < -0.3 is 4.74 Å². The molecule has 0 spiro atoms. The van der Waals surface area contributed by atoms with Gasteiger partial charge in [-0.05, 0) is 19.1 Å². The molecule has 0 aliphatic heterocycles. The first-order valence-electron chi connectivity index (χ1n) is 6.04. The summed E-state index contributed by atoms with van der Waals surface area (Å²) in [5.74, 6) is -2.22. The van der Waals surface area contributed by atoms with Crippen LogP contribution in [-0.4, -0.2) is 28.3 Å². The number of pyridine rings is 1. The van der Waals surface area contributed by atoms with Crippen LogP contribution in [0.5, 0.6) is 0 Å². The van der Waals surface area contributed by atoms with Gasteiger partial charge in [0.15, 0.2) is 18.3 Å². The highest BCUT2D eigenvalue weighted by molar-refractivity contribution is 7.09. The molecular formula is C14H11N3O3S. The summed E-state index contributed by atoms with van der Waals surface area (Å²) in [5.41, 5.74) is 0.859. The molecule has 2 aromatic heterocycles. The summed E-state index contributed by atoms with van der Waals surface area (Å²) < 4.78 is 4.88. The molecule has 0 aliphatic carbocycles. The Morgan fingerprint density at radius 1 is 1.48 bits per heavy atom.